The van der Waals surface area contributed by atoms with Gasteiger partial charge in [-0.1, -0.05) is 6.07 Å². The van der Waals surface area contributed by atoms with Crippen LogP contribution in [0.25, 0.3) is 0 Å². The summed E-state index contributed by atoms with van der Waals surface area (Å²) in [4.78, 5) is 20.8. The number of hydrogen-bond donors (Lipinski definition) is 3. The van der Waals surface area contributed by atoms with Crippen LogP contribution in [0.15, 0.2) is 41.6 Å². The van der Waals surface area contributed by atoms with E-state index in [9.17, 15) is 15.0 Å². The fraction of sp³-hybridized carbons (Fsp3) is 0.458. The molecule has 3 aromatic heterocycles. The van der Waals surface area contributed by atoms with E-state index in [1.165, 1.54) is 5.69 Å². The minimum Gasteiger partial charge on any atom is -0.395 e. The lowest BCUT2D eigenvalue weighted by molar-refractivity contribution is 0.0940. The van der Waals surface area contributed by atoms with E-state index in [4.69, 9.17) is 0 Å². The number of nitrogens with one attached hydrogen (secondary N) is 1. The number of fused-ring (bicyclic) bond motifs is 1. The van der Waals surface area contributed by atoms with Gasteiger partial charge in [0.05, 0.1) is 31.5 Å². The molecule has 1 amide bonds. The second kappa shape index (κ2) is 10.4. The van der Waals surface area contributed by atoms with E-state index in [1.54, 1.807) is 18.1 Å². The molecule has 0 spiro atoms. The predicted octanol–water partition coefficient (Wildman–Crippen LogP) is 1.40. The van der Waals surface area contributed by atoms with Crippen molar-refractivity contribution in [3.8, 4) is 0 Å². The van der Waals surface area contributed by atoms with E-state index in [0.29, 0.717) is 25.3 Å². The molecule has 0 aliphatic carbocycles. The van der Waals surface area contributed by atoms with Crippen molar-refractivity contribution >= 4 is 23.7 Å². The third-order valence-corrected chi connectivity index (χ3v) is 7.76. The highest BCUT2D eigenvalue weighted by Gasteiger charge is 2.25. The van der Waals surface area contributed by atoms with Crippen molar-refractivity contribution < 1.29 is 15.0 Å². The second-order valence-corrected chi connectivity index (χ2v) is 10.1. The normalized spacial score (nSPS) is 18.1. The van der Waals surface area contributed by atoms with Gasteiger partial charge in [-0.05, 0) is 43.5 Å². The Kier molecular flexibility index (Phi) is 7.09. The number of amides is 1. The maximum Gasteiger partial charge on any atom is 0.268 e. The van der Waals surface area contributed by atoms with Crippen molar-refractivity contribution in [1.82, 2.24) is 29.0 Å². The van der Waals surface area contributed by atoms with Crippen LogP contribution < -0.4 is 10.2 Å². The number of carbonyl (C=O) groups is 1. The number of hydrogen-bond acceptors (Lipinski definition) is 8. The zero-order valence-electron chi connectivity index (χ0n) is 19.8. The Morgan fingerprint density at radius 3 is 2.94 bits per heavy atom. The molecule has 0 saturated carbocycles. The molecule has 0 radical (unpaired) electrons. The molecule has 2 aliphatic rings. The van der Waals surface area contributed by atoms with Crippen LogP contribution >= 0.6 is 11.9 Å². The summed E-state index contributed by atoms with van der Waals surface area (Å²) in [5, 5.41) is 26.9. The van der Waals surface area contributed by atoms with Crippen molar-refractivity contribution in [3.63, 3.8) is 0 Å². The molecule has 1 unspecified atom stereocenters. The average Bonchev–Trinajstić information content (AvgIpc) is 3.58. The Labute approximate surface area is 208 Å². The van der Waals surface area contributed by atoms with Crippen molar-refractivity contribution in [3.05, 3.63) is 59.3 Å². The van der Waals surface area contributed by atoms with Gasteiger partial charge in [0.25, 0.3) is 5.91 Å². The molecule has 1 fully saturated rings. The summed E-state index contributed by atoms with van der Waals surface area (Å²) in [6, 6.07) is 7.76. The van der Waals surface area contributed by atoms with Gasteiger partial charge < -0.3 is 25.0 Å². The summed E-state index contributed by atoms with van der Waals surface area (Å²) in [5.41, 5.74) is 3.57. The SMILES string of the molecule is Cc1c(SN2CCn3nccc3C2)cc(C(=O)NCc2cccnc2N2CCC(O)C2)n1CCO. The third-order valence-electron chi connectivity index (χ3n) is 6.58. The van der Waals surface area contributed by atoms with Gasteiger partial charge in [-0.3, -0.25) is 9.48 Å². The van der Waals surface area contributed by atoms with Gasteiger partial charge >= 0.3 is 0 Å². The molecule has 5 rings (SSSR count). The van der Waals surface area contributed by atoms with E-state index >= 15 is 0 Å². The monoisotopic (exact) mass is 497 g/mol. The van der Waals surface area contributed by atoms with Crippen LogP contribution in [0.5, 0.6) is 0 Å². The van der Waals surface area contributed by atoms with Gasteiger partial charge in [0.1, 0.15) is 11.5 Å². The number of carbonyl (C=O) groups excluding carboxylic acids is 1. The molecular weight excluding hydrogens is 466 g/mol. The van der Waals surface area contributed by atoms with Gasteiger partial charge in [0.15, 0.2) is 0 Å². The van der Waals surface area contributed by atoms with Crippen molar-refractivity contribution in [2.75, 3.05) is 31.1 Å². The summed E-state index contributed by atoms with van der Waals surface area (Å²) in [6.45, 7) is 6.40. The first-order chi connectivity index (χ1) is 17.0. The predicted molar refractivity (Wildman–Crippen MR) is 133 cm³/mol. The van der Waals surface area contributed by atoms with Crippen LogP contribution in [0, 0.1) is 6.92 Å². The number of nitrogens with zero attached hydrogens (tertiary/aromatic N) is 6. The molecule has 1 atom stereocenters. The van der Waals surface area contributed by atoms with E-state index < -0.39 is 0 Å². The van der Waals surface area contributed by atoms with Crippen LogP contribution in [0.2, 0.25) is 0 Å². The van der Waals surface area contributed by atoms with Crippen molar-refractivity contribution in [2.24, 2.45) is 0 Å². The first kappa shape index (κ1) is 23.9. The van der Waals surface area contributed by atoms with E-state index in [0.717, 1.165) is 54.6 Å². The second-order valence-electron chi connectivity index (χ2n) is 8.91. The Balaban J connectivity index is 1.30. The lowest BCUT2D eigenvalue weighted by Gasteiger charge is -2.26. The molecule has 1 saturated heterocycles. The molecule has 11 heteroatoms. The smallest absolute Gasteiger partial charge is 0.268 e. The Hall–Kier alpha value is -2.86. The number of pyridine rings is 1. The number of aliphatic hydroxyl groups is 2. The first-order valence-corrected chi connectivity index (χ1v) is 12.7. The third kappa shape index (κ3) is 5.08. The Bertz CT molecular complexity index is 1190. The van der Waals surface area contributed by atoms with Crippen LogP contribution in [0.1, 0.15) is 33.9 Å². The summed E-state index contributed by atoms with van der Waals surface area (Å²) in [6.07, 6.45) is 3.93. The van der Waals surface area contributed by atoms with Crippen LogP contribution in [-0.2, 0) is 26.2 Å². The zero-order chi connectivity index (χ0) is 24.4. The molecule has 0 aromatic carbocycles. The maximum absolute atomic E-state index is 13.3. The average molecular weight is 498 g/mol. The van der Waals surface area contributed by atoms with Gasteiger partial charge in [-0.25, -0.2) is 9.29 Å². The molecule has 2 aliphatic heterocycles. The number of β-amino-alcohol motifs (C(OH)–C–C–N with tert-alkyl or cyclic N) is 1. The lowest BCUT2D eigenvalue weighted by atomic mass is 10.2. The number of rotatable bonds is 8. The standard InChI is InChI=1S/C24H31N7O3S/c1-17-22(35-29-9-10-31-19(15-29)4-7-27-31)13-21(30(17)11-12-32)24(34)26-14-18-3-2-6-25-23(18)28-8-5-20(33)16-28/h2-4,6-7,13,20,32-33H,5,8-12,14-16H2,1H3,(H,26,34). The van der Waals surface area contributed by atoms with Gasteiger partial charge in [0.2, 0.25) is 0 Å². The lowest BCUT2D eigenvalue weighted by Crippen LogP contribution is -2.28. The fourth-order valence-corrected chi connectivity index (χ4v) is 5.78. The molecule has 3 aromatic rings. The highest BCUT2D eigenvalue weighted by molar-refractivity contribution is 7.97. The highest BCUT2D eigenvalue weighted by Crippen LogP contribution is 2.32. The molecule has 10 nitrogen and oxygen atoms in total. The molecule has 186 valence electrons. The maximum atomic E-state index is 13.3. The van der Waals surface area contributed by atoms with Crippen LogP contribution in [0.4, 0.5) is 5.82 Å². The van der Waals surface area contributed by atoms with E-state index in [-0.39, 0.29) is 18.6 Å². The van der Waals surface area contributed by atoms with Crippen molar-refractivity contribution in [2.45, 2.75) is 50.5 Å². The fourth-order valence-electron chi connectivity index (χ4n) is 4.72. The molecule has 3 N–H and O–H groups in total. The quantitative estimate of drug-likeness (QED) is 0.401. The topological polar surface area (TPSA) is 112 Å². The molecule has 5 heterocycles. The molecular formula is C24H31N7O3S. The summed E-state index contributed by atoms with van der Waals surface area (Å²) in [5.74, 6) is 0.605. The Morgan fingerprint density at radius 2 is 2.14 bits per heavy atom. The van der Waals surface area contributed by atoms with Crippen molar-refractivity contribution in [1.29, 1.82) is 0 Å². The minimum atomic E-state index is -0.347. The van der Waals surface area contributed by atoms with E-state index in [1.807, 2.05) is 46.6 Å². The van der Waals surface area contributed by atoms with Gasteiger partial charge in [0, 0.05) is 61.3 Å². The van der Waals surface area contributed by atoms with Gasteiger partial charge in [-0.15, -0.1) is 0 Å². The van der Waals surface area contributed by atoms with Crippen LogP contribution in [0.3, 0.4) is 0 Å². The number of anilines is 1. The van der Waals surface area contributed by atoms with Gasteiger partial charge in [-0.2, -0.15) is 5.10 Å². The minimum absolute atomic E-state index is 0.0488. The van der Waals surface area contributed by atoms with Crippen LogP contribution in [-0.4, -0.2) is 72.1 Å². The first-order valence-electron chi connectivity index (χ1n) is 11.9. The largest absolute Gasteiger partial charge is 0.395 e. The highest BCUT2D eigenvalue weighted by atomic mass is 32.2. The van der Waals surface area contributed by atoms with E-state index in [2.05, 4.69) is 24.6 Å². The zero-order valence-corrected chi connectivity index (χ0v) is 20.6. The Morgan fingerprint density at radius 1 is 1.26 bits per heavy atom. The summed E-state index contributed by atoms with van der Waals surface area (Å²) >= 11 is 1.64. The number of aromatic nitrogens is 4. The number of aliphatic hydroxyl groups excluding tert-OH is 2. The molecule has 0 bridgehead atoms. The summed E-state index contributed by atoms with van der Waals surface area (Å²) < 4.78 is 6.18. The molecule has 35 heavy (non-hydrogen) atoms. The summed E-state index contributed by atoms with van der Waals surface area (Å²) in [7, 11) is 0.